The van der Waals surface area contributed by atoms with Crippen molar-refractivity contribution in [2.75, 3.05) is 32.3 Å². The maximum Gasteiger partial charge on any atom is 0.161 e. The SMILES string of the molecule is COc1cc2c(cc1OC)CN(C=Nc1ccc3c(c1)C1(CC3)SCCS1)CC2. The van der Waals surface area contributed by atoms with E-state index in [0.29, 0.717) is 4.08 Å². The Balaban J connectivity index is 1.34. The summed E-state index contributed by atoms with van der Waals surface area (Å²) in [5.41, 5.74) is 6.71. The Hall–Kier alpha value is -1.79. The lowest BCUT2D eigenvalue weighted by atomic mass is 9.99. The van der Waals surface area contributed by atoms with E-state index in [2.05, 4.69) is 58.8 Å². The van der Waals surface area contributed by atoms with Crippen LogP contribution in [0.3, 0.4) is 0 Å². The van der Waals surface area contributed by atoms with Gasteiger partial charge in [-0.1, -0.05) is 6.07 Å². The number of ether oxygens (including phenoxy) is 2. The molecule has 1 spiro atoms. The highest BCUT2D eigenvalue weighted by atomic mass is 32.2. The van der Waals surface area contributed by atoms with Gasteiger partial charge in [-0.25, -0.2) is 4.99 Å². The highest BCUT2D eigenvalue weighted by molar-refractivity contribution is 8.20. The van der Waals surface area contributed by atoms with Gasteiger partial charge in [-0.2, -0.15) is 0 Å². The number of aryl methyl sites for hydroxylation is 1. The minimum atomic E-state index is 0.292. The summed E-state index contributed by atoms with van der Waals surface area (Å²) in [6.07, 6.45) is 5.47. The standard InChI is InChI=1S/C23H26N2O2S2/c1-26-21-11-17-6-8-25(14-18(17)12-22(21)27-2)15-24-19-4-3-16-5-7-23(20(16)13-19)28-9-10-29-23/h3-4,11-13,15H,5-10,14H2,1-2H3. The number of hydrogen-bond donors (Lipinski definition) is 0. The monoisotopic (exact) mass is 426 g/mol. The lowest BCUT2D eigenvalue weighted by molar-refractivity contribution is 0.349. The average Bonchev–Trinajstić information content (AvgIpc) is 3.39. The van der Waals surface area contributed by atoms with Gasteiger partial charge in [-0.15, -0.1) is 23.5 Å². The summed E-state index contributed by atoms with van der Waals surface area (Å²) in [6, 6.07) is 11.0. The first kappa shape index (κ1) is 19.2. The molecule has 0 bridgehead atoms. The molecule has 4 nitrogen and oxygen atoms in total. The van der Waals surface area contributed by atoms with Crippen LogP contribution in [0.25, 0.3) is 0 Å². The zero-order chi connectivity index (χ0) is 19.8. The van der Waals surface area contributed by atoms with E-state index >= 15 is 0 Å². The van der Waals surface area contributed by atoms with Gasteiger partial charge in [0.25, 0.3) is 0 Å². The van der Waals surface area contributed by atoms with Gasteiger partial charge in [0.05, 0.1) is 30.3 Å². The van der Waals surface area contributed by atoms with Crippen LogP contribution in [0.4, 0.5) is 5.69 Å². The van der Waals surface area contributed by atoms with Crippen LogP contribution in [-0.2, 0) is 23.5 Å². The minimum absolute atomic E-state index is 0.292. The first-order valence-electron chi connectivity index (χ1n) is 10.1. The third-order valence-electron chi connectivity index (χ3n) is 6.10. The normalized spacial score (nSPS) is 19.6. The van der Waals surface area contributed by atoms with Crippen LogP contribution < -0.4 is 9.47 Å². The highest BCUT2D eigenvalue weighted by Crippen LogP contribution is 2.59. The van der Waals surface area contributed by atoms with Crippen LogP contribution in [0.15, 0.2) is 35.3 Å². The van der Waals surface area contributed by atoms with Gasteiger partial charge >= 0.3 is 0 Å². The largest absolute Gasteiger partial charge is 0.493 e. The van der Waals surface area contributed by atoms with Gasteiger partial charge in [-0.05, 0) is 65.8 Å². The maximum absolute atomic E-state index is 5.47. The molecule has 0 saturated carbocycles. The second-order valence-electron chi connectivity index (χ2n) is 7.73. The van der Waals surface area contributed by atoms with E-state index in [4.69, 9.17) is 14.5 Å². The Labute approximate surface area is 181 Å². The van der Waals surface area contributed by atoms with Crippen molar-refractivity contribution in [2.45, 2.75) is 29.9 Å². The molecule has 2 aromatic carbocycles. The number of methoxy groups -OCH3 is 2. The molecule has 0 N–H and O–H groups in total. The van der Waals surface area contributed by atoms with E-state index in [9.17, 15) is 0 Å². The zero-order valence-corrected chi connectivity index (χ0v) is 18.6. The number of hydrogen-bond acceptors (Lipinski definition) is 5. The smallest absolute Gasteiger partial charge is 0.161 e. The fraction of sp³-hybridized carbons (Fsp3) is 0.435. The third kappa shape index (κ3) is 3.50. The summed E-state index contributed by atoms with van der Waals surface area (Å²) in [5, 5.41) is 0. The van der Waals surface area contributed by atoms with Crippen LogP contribution in [0.5, 0.6) is 11.5 Å². The van der Waals surface area contributed by atoms with Crippen molar-refractivity contribution in [3.63, 3.8) is 0 Å². The molecular weight excluding hydrogens is 400 g/mol. The Bertz CT molecular complexity index is 954. The Morgan fingerprint density at radius 3 is 2.48 bits per heavy atom. The van der Waals surface area contributed by atoms with Crippen molar-refractivity contribution in [1.82, 2.24) is 4.90 Å². The maximum atomic E-state index is 5.47. The summed E-state index contributed by atoms with van der Waals surface area (Å²) < 4.78 is 11.2. The molecule has 3 aliphatic rings. The first-order chi connectivity index (χ1) is 14.2. The summed E-state index contributed by atoms with van der Waals surface area (Å²) in [4.78, 5) is 7.13. The molecule has 0 atom stereocenters. The predicted octanol–water partition coefficient (Wildman–Crippen LogP) is 5.00. The van der Waals surface area contributed by atoms with Gasteiger partial charge in [0.15, 0.2) is 11.5 Å². The van der Waals surface area contributed by atoms with E-state index in [-0.39, 0.29) is 0 Å². The summed E-state index contributed by atoms with van der Waals surface area (Å²) in [5.74, 6) is 4.13. The lowest BCUT2D eigenvalue weighted by Gasteiger charge is -2.28. The molecular formula is C23H26N2O2S2. The second kappa shape index (κ2) is 7.80. The molecule has 1 aliphatic carbocycles. The molecule has 1 fully saturated rings. The summed E-state index contributed by atoms with van der Waals surface area (Å²) >= 11 is 4.25. The molecule has 0 amide bonds. The molecule has 6 heteroatoms. The van der Waals surface area contributed by atoms with Crippen LogP contribution in [0.2, 0.25) is 0 Å². The Morgan fingerprint density at radius 2 is 1.72 bits per heavy atom. The van der Waals surface area contributed by atoms with Crippen molar-refractivity contribution in [2.24, 2.45) is 4.99 Å². The minimum Gasteiger partial charge on any atom is -0.493 e. The van der Waals surface area contributed by atoms with E-state index in [0.717, 1.165) is 36.7 Å². The molecule has 152 valence electrons. The van der Waals surface area contributed by atoms with E-state index < -0.39 is 0 Å². The molecule has 29 heavy (non-hydrogen) atoms. The number of fused-ring (bicyclic) bond motifs is 3. The van der Waals surface area contributed by atoms with Crippen molar-refractivity contribution in [3.05, 3.63) is 52.6 Å². The molecule has 0 unspecified atom stereocenters. The van der Waals surface area contributed by atoms with Crippen molar-refractivity contribution in [1.29, 1.82) is 0 Å². The van der Waals surface area contributed by atoms with Crippen LogP contribution in [0, 0.1) is 0 Å². The van der Waals surface area contributed by atoms with E-state index in [1.165, 1.54) is 46.6 Å². The Morgan fingerprint density at radius 1 is 0.966 bits per heavy atom. The molecule has 2 aromatic rings. The number of nitrogens with zero attached hydrogens (tertiary/aromatic N) is 2. The number of rotatable bonds is 4. The number of aliphatic imine (C=N–C) groups is 1. The number of benzene rings is 2. The van der Waals surface area contributed by atoms with Gasteiger partial charge in [0.1, 0.15) is 0 Å². The lowest BCUT2D eigenvalue weighted by Crippen LogP contribution is -2.29. The Kier molecular flexibility index (Phi) is 5.16. The quantitative estimate of drug-likeness (QED) is 0.508. The predicted molar refractivity (Wildman–Crippen MR) is 123 cm³/mol. The van der Waals surface area contributed by atoms with E-state index in [1.807, 2.05) is 6.34 Å². The third-order valence-corrected chi connectivity index (χ3v) is 9.66. The van der Waals surface area contributed by atoms with Crippen molar-refractivity contribution in [3.8, 4) is 11.5 Å². The molecule has 0 aromatic heterocycles. The molecule has 0 radical (unpaired) electrons. The van der Waals surface area contributed by atoms with Gasteiger partial charge in [-0.3, -0.25) is 0 Å². The van der Waals surface area contributed by atoms with Crippen LogP contribution in [-0.4, -0.2) is 43.5 Å². The van der Waals surface area contributed by atoms with Crippen LogP contribution in [0.1, 0.15) is 28.7 Å². The van der Waals surface area contributed by atoms with Crippen molar-refractivity contribution >= 4 is 35.5 Å². The first-order valence-corrected chi connectivity index (χ1v) is 12.1. The molecule has 1 saturated heterocycles. The number of thioether (sulfide) groups is 2. The topological polar surface area (TPSA) is 34.1 Å². The summed E-state index contributed by atoms with van der Waals surface area (Å²) in [7, 11) is 3.38. The van der Waals surface area contributed by atoms with Crippen LogP contribution >= 0.6 is 23.5 Å². The fourth-order valence-electron chi connectivity index (χ4n) is 4.56. The van der Waals surface area contributed by atoms with Crippen molar-refractivity contribution < 1.29 is 9.47 Å². The molecule has 2 heterocycles. The van der Waals surface area contributed by atoms with Gasteiger partial charge in [0.2, 0.25) is 0 Å². The second-order valence-corrected chi connectivity index (χ2v) is 10.8. The molecule has 5 rings (SSSR count). The van der Waals surface area contributed by atoms with E-state index in [1.54, 1.807) is 14.2 Å². The average molecular weight is 427 g/mol. The van der Waals surface area contributed by atoms with Gasteiger partial charge < -0.3 is 14.4 Å². The molecule has 2 aliphatic heterocycles. The zero-order valence-electron chi connectivity index (χ0n) is 16.9. The summed E-state index contributed by atoms with van der Waals surface area (Å²) in [6.45, 7) is 1.81. The van der Waals surface area contributed by atoms with Gasteiger partial charge in [0, 0.05) is 24.6 Å². The fourth-order valence-corrected chi connectivity index (χ4v) is 7.90. The highest BCUT2D eigenvalue weighted by Gasteiger charge is 2.42.